The molecule has 0 radical (unpaired) electrons. The lowest BCUT2D eigenvalue weighted by Gasteiger charge is -2.25. The molecule has 2 aromatic rings. The second kappa shape index (κ2) is 8.81. The van der Waals surface area contributed by atoms with Crippen molar-refractivity contribution < 1.29 is 24.2 Å². The maximum atomic E-state index is 12.2. The fraction of sp³-hybridized carbons (Fsp3) is 0.429. The van der Waals surface area contributed by atoms with Gasteiger partial charge in [0.1, 0.15) is 12.7 Å². The number of ether oxygens (including phenoxy) is 2. The first-order valence-corrected chi connectivity index (χ1v) is 8.84. The monoisotopic (exact) mass is 358 g/mol. The van der Waals surface area contributed by atoms with Gasteiger partial charge in [-0.25, -0.2) is 0 Å². The number of hydrogen-bond donors (Lipinski definition) is 1. The summed E-state index contributed by atoms with van der Waals surface area (Å²) in [5, 5.41) is 12.5. The summed E-state index contributed by atoms with van der Waals surface area (Å²) < 4.78 is 10.7. The SMILES string of the molecule is CC(C)C(=O)OCC(O)C(OC(=O)C(C)C)c1cccc2ccccc12. The molecule has 0 spiro atoms. The van der Waals surface area contributed by atoms with Crippen LogP contribution in [0.15, 0.2) is 42.5 Å². The van der Waals surface area contributed by atoms with Crippen molar-refractivity contribution in [3.05, 3.63) is 48.0 Å². The number of hydrogen-bond acceptors (Lipinski definition) is 5. The molecule has 0 aliphatic heterocycles. The average Bonchev–Trinajstić information content (AvgIpc) is 2.63. The van der Waals surface area contributed by atoms with E-state index >= 15 is 0 Å². The molecular weight excluding hydrogens is 332 g/mol. The Bertz CT molecular complexity index is 761. The molecule has 0 aromatic heterocycles. The van der Waals surface area contributed by atoms with Gasteiger partial charge in [-0.15, -0.1) is 0 Å². The first-order valence-electron chi connectivity index (χ1n) is 8.84. The Balaban J connectivity index is 2.33. The van der Waals surface area contributed by atoms with Gasteiger partial charge in [-0.3, -0.25) is 9.59 Å². The van der Waals surface area contributed by atoms with Crippen molar-refractivity contribution in [3.8, 4) is 0 Å². The molecule has 2 atom stereocenters. The van der Waals surface area contributed by atoms with Crippen molar-refractivity contribution in [3.63, 3.8) is 0 Å². The highest BCUT2D eigenvalue weighted by Crippen LogP contribution is 2.30. The third-order valence-corrected chi connectivity index (χ3v) is 4.06. The summed E-state index contributed by atoms with van der Waals surface area (Å²) in [6.07, 6.45) is -2.08. The third-order valence-electron chi connectivity index (χ3n) is 4.06. The van der Waals surface area contributed by atoms with Crippen LogP contribution in [-0.2, 0) is 19.1 Å². The first-order chi connectivity index (χ1) is 12.3. The highest BCUT2D eigenvalue weighted by Gasteiger charge is 2.29. The van der Waals surface area contributed by atoms with E-state index in [0.717, 1.165) is 10.8 Å². The van der Waals surface area contributed by atoms with Gasteiger partial charge in [-0.05, 0) is 10.8 Å². The Labute approximate surface area is 153 Å². The Hall–Kier alpha value is -2.40. The van der Waals surface area contributed by atoms with Crippen LogP contribution in [0, 0.1) is 11.8 Å². The Morgan fingerprint density at radius 3 is 2.19 bits per heavy atom. The predicted octanol–water partition coefficient (Wildman–Crippen LogP) is 3.64. The van der Waals surface area contributed by atoms with Crippen LogP contribution in [0.3, 0.4) is 0 Å². The van der Waals surface area contributed by atoms with E-state index in [1.165, 1.54) is 0 Å². The van der Waals surface area contributed by atoms with Crippen LogP contribution in [0.4, 0.5) is 0 Å². The van der Waals surface area contributed by atoms with Gasteiger partial charge >= 0.3 is 11.9 Å². The molecule has 0 saturated carbocycles. The van der Waals surface area contributed by atoms with E-state index in [1.54, 1.807) is 27.7 Å². The normalized spacial score (nSPS) is 13.7. The number of aliphatic hydroxyl groups is 1. The van der Waals surface area contributed by atoms with E-state index in [4.69, 9.17) is 9.47 Å². The van der Waals surface area contributed by atoms with Crippen LogP contribution in [0.5, 0.6) is 0 Å². The van der Waals surface area contributed by atoms with E-state index in [2.05, 4.69) is 0 Å². The van der Waals surface area contributed by atoms with Crippen LogP contribution in [0.25, 0.3) is 10.8 Å². The first kappa shape index (κ1) is 19.9. The summed E-state index contributed by atoms with van der Waals surface area (Å²) in [7, 11) is 0. The van der Waals surface area contributed by atoms with Gasteiger partial charge in [-0.1, -0.05) is 70.2 Å². The van der Waals surface area contributed by atoms with E-state index in [9.17, 15) is 14.7 Å². The molecule has 0 bridgehead atoms. The number of carbonyl (C=O) groups excluding carboxylic acids is 2. The fourth-order valence-corrected chi connectivity index (χ4v) is 2.53. The van der Waals surface area contributed by atoms with Crippen molar-refractivity contribution in [2.24, 2.45) is 11.8 Å². The Kier molecular flexibility index (Phi) is 6.75. The second-order valence-corrected chi connectivity index (χ2v) is 6.93. The lowest BCUT2D eigenvalue weighted by Crippen LogP contribution is -2.31. The van der Waals surface area contributed by atoms with Crippen molar-refractivity contribution in [2.75, 3.05) is 6.61 Å². The highest BCUT2D eigenvalue weighted by molar-refractivity contribution is 5.86. The van der Waals surface area contributed by atoms with Crippen molar-refractivity contribution in [1.29, 1.82) is 0 Å². The van der Waals surface area contributed by atoms with Crippen LogP contribution in [0.1, 0.15) is 39.4 Å². The molecule has 0 aliphatic rings. The molecule has 2 rings (SSSR count). The summed E-state index contributed by atoms with van der Waals surface area (Å²) in [5.41, 5.74) is 0.685. The molecule has 0 heterocycles. The van der Waals surface area contributed by atoms with Gasteiger partial charge in [0.25, 0.3) is 0 Å². The molecule has 1 N–H and O–H groups in total. The fourth-order valence-electron chi connectivity index (χ4n) is 2.53. The van der Waals surface area contributed by atoms with Gasteiger partial charge < -0.3 is 14.6 Å². The average molecular weight is 358 g/mol. The molecule has 140 valence electrons. The second-order valence-electron chi connectivity index (χ2n) is 6.93. The van der Waals surface area contributed by atoms with Crippen LogP contribution in [-0.4, -0.2) is 29.8 Å². The number of rotatable bonds is 7. The Morgan fingerprint density at radius 1 is 0.923 bits per heavy atom. The minimum absolute atomic E-state index is 0.240. The van der Waals surface area contributed by atoms with Crippen LogP contribution < -0.4 is 0 Å². The molecule has 26 heavy (non-hydrogen) atoms. The minimum Gasteiger partial charge on any atom is -0.463 e. The van der Waals surface area contributed by atoms with Gasteiger partial charge in [0.15, 0.2) is 6.10 Å². The zero-order chi connectivity index (χ0) is 19.3. The smallest absolute Gasteiger partial charge is 0.309 e. The van der Waals surface area contributed by atoms with E-state index < -0.39 is 24.1 Å². The lowest BCUT2D eigenvalue weighted by molar-refractivity contribution is -0.165. The summed E-state index contributed by atoms with van der Waals surface area (Å²) >= 11 is 0. The number of carbonyl (C=O) groups is 2. The zero-order valence-electron chi connectivity index (χ0n) is 15.6. The number of esters is 2. The quantitative estimate of drug-likeness (QED) is 0.765. The summed E-state index contributed by atoms with van der Waals surface area (Å²) in [4.78, 5) is 23.9. The highest BCUT2D eigenvalue weighted by atomic mass is 16.6. The topological polar surface area (TPSA) is 72.8 Å². The van der Waals surface area contributed by atoms with Crippen molar-refractivity contribution in [1.82, 2.24) is 0 Å². The van der Waals surface area contributed by atoms with Crippen molar-refractivity contribution >= 4 is 22.7 Å². The molecular formula is C21H26O5. The summed E-state index contributed by atoms with van der Waals surface area (Å²) in [6, 6.07) is 13.3. The van der Waals surface area contributed by atoms with Crippen LogP contribution in [0.2, 0.25) is 0 Å². The predicted molar refractivity (Wildman–Crippen MR) is 99.4 cm³/mol. The van der Waals surface area contributed by atoms with Gasteiger partial charge in [-0.2, -0.15) is 0 Å². The summed E-state index contributed by atoms with van der Waals surface area (Å²) in [6.45, 7) is 6.66. The minimum atomic E-state index is -1.16. The molecule has 5 nitrogen and oxygen atoms in total. The largest absolute Gasteiger partial charge is 0.463 e. The maximum absolute atomic E-state index is 12.2. The van der Waals surface area contributed by atoms with Gasteiger partial charge in [0.2, 0.25) is 0 Å². The standard InChI is InChI=1S/C21H26O5/c1-13(2)20(23)25-12-18(22)19(26-21(24)14(3)4)17-11-7-9-15-8-5-6-10-16(15)17/h5-11,13-14,18-19,22H,12H2,1-4H3. The number of aliphatic hydroxyl groups excluding tert-OH is 1. The Morgan fingerprint density at radius 2 is 1.54 bits per heavy atom. The van der Waals surface area contributed by atoms with E-state index in [-0.39, 0.29) is 18.4 Å². The molecule has 0 fully saturated rings. The van der Waals surface area contributed by atoms with E-state index in [1.807, 2.05) is 42.5 Å². The molecule has 2 aromatic carbocycles. The lowest BCUT2D eigenvalue weighted by atomic mass is 9.97. The number of benzene rings is 2. The zero-order valence-corrected chi connectivity index (χ0v) is 15.6. The van der Waals surface area contributed by atoms with Crippen molar-refractivity contribution in [2.45, 2.75) is 39.9 Å². The van der Waals surface area contributed by atoms with E-state index in [0.29, 0.717) is 5.56 Å². The molecule has 0 amide bonds. The maximum Gasteiger partial charge on any atom is 0.309 e. The molecule has 5 heteroatoms. The summed E-state index contributed by atoms with van der Waals surface area (Å²) in [5.74, 6) is -1.46. The molecule has 0 saturated heterocycles. The van der Waals surface area contributed by atoms with Gasteiger partial charge in [0, 0.05) is 5.56 Å². The molecule has 0 aliphatic carbocycles. The van der Waals surface area contributed by atoms with Crippen LogP contribution >= 0.6 is 0 Å². The molecule has 2 unspecified atom stereocenters. The van der Waals surface area contributed by atoms with Gasteiger partial charge in [0.05, 0.1) is 11.8 Å². The third kappa shape index (κ3) is 4.82. The number of fused-ring (bicyclic) bond motifs is 1.